The van der Waals surface area contributed by atoms with Gasteiger partial charge in [-0.05, 0) is 55.9 Å². The number of fused-ring (bicyclic) bond motifs is 1. The van der Waals surface area contributed by atoms with E-state index < -0.39 is 0 Å². The molecule has 0 unspecified atom stereocenters. The van der Waals surface area contributed by atoms with Gasteiger partial charge in [-0.3, -0.25) is 4.40 Å². The molecular weight excluding hydrogens is 346 g/mol. The molecular formula is C18H21N7S. The van der Waals surface area contributed by atoms with Gasteiger partial charge in [-0.2, -0.15) is 0 Å². The van der Waals surface area contributed by atoms with E-state index >= 15 is 0 Å². The third kappa shape index (κ3) is 3.45. The number of pyridine rings is 2. The van der Waals surface area contributed by atoms with E-state index in [9.17, 15) is 0 Å². The van der Waals surface area contributed by atoms with Crippen molar-refractivity contribution in [1.82, 2.24) is 24.5 Å². The molecule has 134 valence electrons. The van der Waals surface area contributed by atoms with Crippen LogP contribution in [0.5, 0.6) is 0 Å². The predicted molar refractivity (Wildman–Crippen MR) is 107 cm³/mol. The minimum Gasteiger partial charge on any atom is -0.367 e. The van der Waals surface area contributed by atoms with E-state index in [1.165, 1.54) is 11.3 Å². The van der Waals surface area contributed by atoms with Crippen molar-refractivity contribution in [2.75, 3.05) is 36.4 Å². The van der Waals surface area contributed by atoms with Crippen LogP contribution in [0.4, 0.5) is 11.5 Å². The Bertz CT molecular complexity index is 923. The summed E-state index contributed by atoms with van der Waals surface area (Å²) in [4.78, 5) is 9.06. The smallest absolute Gasteiger partial charge is 0.174 e. The topological polar surface area (TPSA) is 61.6 Å². The molecule has 1 aliphatic rings. The van der Waals surface area contributed by atoms with Gasteiger partial charge in [0, 0.05) is 38.1 Å². The maximum absolute atomic E-state index is 5.59. The number of aromatic nitrogens is 4. The Labute approximate surface area is 157 Å². The molecule has 4 rings (SSSR count). The molecule has 7 nitrogen and oxygen atoms in total. The molecule has 1 N–H and O–H groups in total. The zero-order valence-corrected chi connectivity index (χ0v) is 15.7. The van der Waals surface area contributed by atoms with Crippen molar-refractivity contribution in [1.29, 1.82) is 0 Å². The fraction of sp³-hybridized carbons (Fsp3) is 0.333. The summed E-state index contributed by atoms with van der Waals surface area (Å²) in [5.74, 6) is 0.813. The highest BCUT2D eigenvalue weighted by atomic mass is 32.1. The molecule has 0 spiro atoms. The van der Waals surface area contributed by atoms with E-state index in [4.69, 9.17) is 12.2 Å². The van der Waals surface area contributed by atoms with Crippen molar-refractivity contribution in [3.63, 3.8) is 0 Å². The van der Waals surface area contributed by atoms with Gasteiger partial charge in [-0.1, -0.05) is 0 Å². The van der Waals surface area contributed by atoms with Gasteiger partial charge in [-0.15, -0.1) is 10.2 Å². The highest BCUT2D eigenvalue weighted by molar-refractivity contribution is 7.80. The molecule has 8 heteroatoms. The Morgan fingerprint density at radius 1 is 1.12 bits per heavy atom. The molecule has 0 amide bonds. The molecule has 3 aromatic heterocycles. The summed E-state index contributed by atoms with van der Waals surface area (Å²) in [5.41, 5.74) is 4.20. The van der Waals surface area contributed by atoms with E-state index in [0.29, 0.717) is 0 Å². The number of rotatable bonds is 2. The normalized spacial score (nSPS) is 14.7. The van der Waals surface area contributed by atoms with E-state index in [-0.39, 0.29) is 0 Å². The first-order valence-electron chi connectivity index (χ1n) is 8.64. The van der Waals surface area contributed by atoms with Gasteiger partial charge in [0.1, 0.15) is 12.1 Å². The zero-order chi connectivity index (χ0) is 18.1. The molecule has 1 aliphatic heterocycles. The fourth-order valence-corrected chi connectivity index (χ4v) is 3.55. The monoisotopic (exact) mass is 367 g/mol. The zero-order valence-electron chi connectivity index (χ0n) is 14.9. The number of piperazine rings is 1. The van der Waals surface area contributed by atoms with E-state index in [1.807, 2.05) is 23.5 Å². The number of thiocarbonyl (C=S) groups is 1. The summed E-state index contributed by atoms with van der Waals surface area (Å²) in [5, 5.41) is 12.0. The summed E-state index contributed by atoms with van der Waals surface area (Å²) in [6.45, 7) is 7.63. The molecule has 4 heterocycles. The Balaban J connectivity index is 1.38. The first-order chi connectivity index (χ1) is 12.6. The van der Waals surface area contributed by atoms with Crippen molar-refractivity contribution in [2.24, 2.45) is 0 Å². The number of hydrogen-bond donors (Lipinski definition) is 1. The first-order valence-corrected chi connectivity index (χ1v) is 9.05. The number of nitrogens with zero attached hydrogens (tertiary/aromatic N) is 6. The summed E-state index contributed by atoms with van der Waals surface area (Å²) in [6.07, 6.45) is 3.80. The van der Waals surface area contributed by atoms with Crippen LogP contribution in [0.15, 0.2) is 36.8 Å². The fourth-order valence-electron chi connectivity index (χ4n) is 3.26. The number of hydrogen-bond acceptors (Lipinski definition) is 5. The molecule has 1 fully saturated rings. The van der Waals surface area contributed by atoms with E-state index in [2.05, 4.69) is 55.6 Å². The van der Waals surface area contributed by atoms with Crippen molar-refractivity contribution in [3.8, 4) is 0 Å². The minimum absolute atomic E-state index is 0.733. The third-order valence-electron chi connectivity index (χ3n) is 4.54. The lowest BCUT2D eigenvalue weighted by Crippen LogP contribution is -2.50. The lowest BCUT2D eigenvalue weighted by molar-refractivity contribution is 0.390. The third-order valence-corrected chi connectivity index (χ3v) is 4.90. The van der Waals surface area contributed by atoms with Crippen LogP contribution in [0.1, 0.15) is 11.3 Å². The Kier molecular flexibility index (Phi) is 4.42. The van der Waals surface area contributed by atoms with E-state index in [0.717, 1.165) is 48.5 Å². The predicted octanol–water partition coefficient (Wildman–Crippen LogP) is 2.26. The molecule has 3 aromatic rings. The van der Waals surface area contributed by atoms with Gasteiger partial charge in [0.25, 0.3) is 0 Å². The van der Waals surface area contributed by atoms with Gasteiger partial charge >= 0.3 is 0 Å². The van der Waals surface area contributed by atoms with Gasteiger partial charge in [-0.25, -0.2) is 4.98 Å². The van der Waals surface area contributed by atoms with Crippen molar-refractivity contribution in [3.05, 3.63) is 48.0 Å². The SMILES string of the molecule is Cc1cc(C)nc(NC(=S)N2CCN(c3ccc4nncn4c3)CC2)c1. The lowest BCUT2D eigenvalue weighted by atomic mass is 10.2. The van der Waals surface area contributed by atoms with Gasteiger partial charge in [0.2, 0.25) is 0 Å². The second-order valence-electron chi connectivity index (χ2n) is 6.56. The molecule has 26 heavy (non-hydrogen) atoms. The largest absolute Gasteiger partial charge is 0.367 e. The second kappa shape index (κ2) is 6.87. The van der Waals surface area contributed by atoms with Crippen molar-refractivity contribution >= 4 is 34.5 Å². The average Bonchev–Trinajstić information content (AvgIpc) is 3.08. The molecule has 0 bridgehead atoms. The number of anilines is 2. The summed E-state index contributed by atoms with van der Waals surface area (Å²) in [6, 6.07) is 8.16. The number of nitrogens with one attached hydrogen (secondary N) is 1. The van der Waals surface area contributed by atoms with Crippen molar-refractivity contribution < 1.29 is 0 Å². The molecule has 0 radical (unpaired) electrons. The van der Waals surface area contributed by atoms with Crippen LogP contribution in [-0.4, -0.2) is 55.8 Å². The highest BCUT2D eigenvalue weighted by Crippen LogP contribution is 2.18. The Morgan fingerprint density at radius 3 is 2.69 bits per heavy atom. The average molecular weight is 367 g/mol. The first kappa shape index (κ1) is 16.7. The maximum atomic E-state index is 5.59. The van der Waals surface area contributed by atoms with Gasteiger partial charge < -0.3 is 15.1 Å². The van der Waals surface area contributed by atoms with Crippen LogP contribution >= 0.6 is 12.2 Å². The summed E-state index contributed by atoms with van der Waals surface area (Å²) in [7, 11) is 0. The Morgan fingerprint density at radius 2 is 1.92 bits per heavy atom. The van der Waals surface area contributed by atoms with Crippen LogP contribution in [0, 0.1) is 13.8 Å². The molecule has 0 saturated carbocycles. The van der Waals surface area contributed by atoms with E-state index in [1.54, 1.807) is 6.33 Å². The second-order valence-corrected chi connectivity index (χ2v) is 6.95. The van der Waals surface area contributed by atoms with Crippen LogP contribution in [0.2, 0.25) is 0 Å². The van der Waals surface area contributed by atoms with Crippen LogP contribution in [-0.2, 0) is 0 Å². The molecule has 1 saturated heterocycles. The lowest BCUT2D eigenvalue weighted by Gasteiger charge is -2.37. The summed E-state index contributed by atoms with van der Waals surface area (Å²) >= 11 is 5.59. The molecule has 0 aliphatic carbocycles. The number of aryl methyl sites for hydroxylation is 2. The van der Waals surface area contributed by atoms with Crippen LogP contribution in [0.25, 0.3) is 5.65 Å². The van der Waals surface area contributed by atoms with Crippen LogP contribution in [0.3, 0.4) is 0 Å². The van der Waals surface area contributed by atoms with Gasteiger partial charge in [0.15, 0.2) is 10.8 Å². The molecule has 0 atom stereocenters. The van der Waals surface area contributed by atoms with Crippen molar-refractivity contribution in [2.45, 2.75) is 13.8 Å². The summed E-state index contributed by atoms with van der Waals surface area (Å²) < 4.78 is 1.94. The minimum atomic E-state index is 0.733. The van der Waals surface area contributed by atoms with Gasteiger partial charge in [0.05, 0.1) is 5.69 Å². The standard InChI is InChI=1S/C18H21N7S/c1-13-9-14(2)20-16(10-13)21-18(26)24-7-5-23(6-8-24)15-3-4-17-22-19-12-25(17)11-15/h3-4,9-12H,5-8H2,1-2H3,(H,20,21,26). The Hall–Kier alpha value is -2.74. The van der Waals surface area contributed by atoms with Crippen LogP contribution < -0.4 is 10.2 Å². The quantitative estimate of drug-likeness (QED) is 0.697. The maximum Gasteiger partial charge on any atom is 0.174 e. The molecule has 0 aromatic carbocycles. The highest BCUT2D eigenvalue weighted by Gasteiger charge is 2.20.